The van der Waals surface area contributed by atoms with Crippen LogP contribution >= 0.6 is 23.4 Å². The van der Waals surface area contributed by atoms with Gasteiger partial charge in [-0.3, -0.25) is 4.79 Å². The summed E-state index contributed by atoms with van der Waals surface area (Å²) < 4.78 is 26.4. The van der Waals surface area contributed by atoms with Crippen molar-refractivity contribution >= 4 is 45.0 Å². The van der Waals surface area contributed by atoms with E-state index >= 15 is 0 Å². The third-order valence-electron chi connectivity index (χ3n) is 3.39. The molecule has 0 fully saturated rings. The summed E-state index contributed by atoms with van der Waals surface area (Å²) in [5.41, 5.74) is 1.36. The lowest BCUT2D eigenvalue weighted by molar-refractivity contribution is -0.120. The molecule has 1 aromatic carbocycles. The molecule has 0 atom stereocenters. The monoisotopic (exact) mass is 447 g/mol. The molecule has 0 radical (unpaired) electrons. The number of thioether (sulfide) groups is 1. The lowest BCUT2D eigenvalue weighted by Crippen LogP contribution is -2.29. The van der Waals surface area contributed by atoms with Gasteiger partial charge in [0.25, 0.3) is 0 Å². The van der Waals surface area contributed by atoms with Gasteiger partial charge in [0.1, 0.15) is 5.71 Å². The molecule has 152 valence electrons. The van der Waals surface area contributed by atoms with Gasteiger partial charge < -0.3 is 10.5 Å². The van der Waals surface area contributed by atoms with Gasteiger partial charge in [-0.1, -0.05) is 40.7 Å². The van der Waals surface area contributed by atoms with Crippen molar-refractivity contribution in [3.8, 4) is 0 Å². The molecule has 2 aromatic rings. The van der Waals surface area contributed by atoms with Gasteiger partial charge in [0.05, 0.1) is 5.75 Å². The molecule has 1 heterocycles. The van der Waals surface area contributed by atoms with Crippen LogP contribution in [0.25, 0.3) is 0 Å². The van der Waals surface area contributed by atoms with E-state index in [1.807, 2.05) is 6.07 Å². The average molecular weight is 448 g/mol. The van der Waals surface area contributed by atoms with Crippen molar-refractivity contribution in [3.05, 3.63) is 40.5 Å². The zero-order chi connectivity index (χ0) is 20.6. The fourth-order valence-corrected chi connectivity index (χ4v) is 3.58. The lowest BCUT2D eigenvalue weighted by atomic mass is 10.1. The van der Waals surface area contributed by atoms with Crippen LogP contribution in [0.1, 0.15) is 17.7 Å². The summed E-state index contributed by atoms with van der Waals surface area (Å²) in [5.74, 6) is -0.423. The smallest absolute Gasteiger partial charge is 0.221 e. The van der Waals surface area contributed by atoms with Crippen molar-refractivity contribution < 1.29 is 23.0 Å². The Morgan fingerprint density at radius 2 is 2.18 bits per heavy atom. The highest BCUT2D eigenvalue weighted by Gasteiger charge is 2.18. The number of carbonyl (C=O) groups is 1. The van der Waals surface area contributed by atoms with Gasteiger partial charge in [-0.25, -0.2) is 18.2 Å². The fraction of sp³-hybridized carbons (Fsp3) is 0.333. The van der Waals surface area contributed by atoms with Crippen LogP contribution in [-0.4, -0.2) is 53.6 Å². The van der Waals surface area contributed by atoms with E-state index in [4.69, 9.17) is 21.4 Å². The molecule has 4 N–H and O–H groups in total. The lowest BCUT2D eigenvalue weighted by Gasteiger charge is -2.05. The molecular formula is C15H18ClN5O5S2. The van der Waals surface area contributed by atoms with Crippen LogP contribution in [0.3, 0.4) is 0 Å². The maximum Gasteiger partial charge on any atom is 0.221 e. The van der Waals surface area contributed by atoms with Crippen LogP contribution in [-0.2, 0) is 21.2 Å². The number of amides is 1. The van der Waals surface area contributed by atoms with E-state index in [9.17, 15) is 18.4 Å². The standard InChI is InChI=1S/C15H18ClN5O5S2/c16-11-3-1-2-10(8-11)9-12(19-23)14-15(21-26-20-14)27-6-5-18-13(22)4-7-28(17,24)25/h1-3,8,23H,4-7,9H2,(H,18,22)(H2,17,24,25). The minimum Gasteiger partial charge on any atom is -0.411 e. The first-order chi connectivity index (χ1) is 13.3. The number of rotatable bonds is 10. The van der Waals surface area contributed by atoms with Crippen LogP contribution in [0.15, 0.2) is 39.1 Å². The molecule has 0 bridgehead atoms. The SMILES string of the molecule is NS(=O)(=O)CCC(=O)NCCSc1nonc1C(Cc1cccc(Cl)c1)=NO. The number of halogens is 1. The maximum atomic E-state index is 11.6. The third-order valence-corrected chi connectivity index (χ3v) is 5.35. The summed E-state index contributed by atoms with van der Waals surface area (Å²) in [6, 6.07) is 7.08. The predicted molar refractivity (Wildman–Crippen MR) is 104 cm³/mol. The molecule has 0 aliphatic rings. The van der Waals surface area contributed by atoms with Crippen LogP contribution in [0.5, 0.6) is 0 Å². The number of carbonyl (C=O) groups excluding carboxylic acids is 1. The first kappa shape index (κ1) is 22.1. The van der Waals surface area contributed by atoms with E-state index in [0.29, 0.717) is 15.8 Å². The highest BCUT2D eigenvalue weighted by atomic mass is 35.5. The normalized spacial score (nSPS) is 12.1. The molecule has 13 heteroatoms. The third kappa shape index (κ3) is 7.46. The summed E-state index contributed by atoms with van der Waals surface area (Å²) in [6.45, 7) is 0.264. The number of hydrogen-bond donors (Lipinski definition) is 3. The molecule has 1 aromatic heterocycles. The molecule has 0 spiro atoms. The second kappa shape index (κ2) is 10.4. The van der Waals surface area contributed by atoms with Gasteiger partial charge in [-0.15, -0.1) is 0 Å². The molecule has 1 amide bonds. The topological polar surface area (TPSA) is 161 Å². The molecule has 0 saturated carbocycles. The number of oxime groups is 1. The van der Waals surface area contributed by atoms with Crippen LogP contribution < -0.4 is 10.5 Å². The number of aromatic nitrogens is 2. The minimum atomic E-state index is -3.67. The Morgan fingerprint density at radius 1 is 1.39 bits per heavy atom. The van der Waals surface area contributed by atoms with Gasteiger partial charge >= 0.3 is 0 Å². The Balaban J connectivity index is 1.88. The molecule has 2 rings (SSSR count). The molecule has 0 unspecified atom stereocenters. The molecule has 0 aliphatic carbocycles. The van der Waals surface area contributed by atoms with E-state index in [1.54, 1.807) is 18.2 Å². The number of nitrogens with one attached hydrogen (secondary N) is 1. The average Bonchev–Trinajstić information content (AvgIpc) is 3.09. The van der Waals surface area contributed by atoms with E-state index in [0.717, 1.165) is 5.56 Å². The van der Waals surface area contributed by atoms with Gasteiger partial charge in [0.2, 0.25) is 15.9 Å². The van der Waals surface area contributed by atoms with Gasteiger partial charge in [0.15, 0.2) is 10.7 Å². The Bertz CT molecular complexity index is 948. The second-order valence-electron chi connectivity index (χ2n) is 5.59. The predicted octanol–water partition coefficient (Wildman–Crippen LogP) is 1.03. The molecule has 28 heavy (non-hydrogen) atoms. The number of nitrogens with two attached hydrogens (primary N) is 1. The summed E-state index contributed by atoms with van der Waals surface area (Å²) >= 11 is 7.19. The van der Waals surface area contributed by atoms with Gasteiger partial charge in [-0.05, 0) is 28.0 Å². The summed E-state index contributed by atoms with van der Waals surface area (Å²) in [7, 11) is -3.67. The highest BCUT2D eigenvalue weighted by Crippen LogP contribution is 2.21. The Labute approximate surface area is 170 Å². The number of nitrogens with zero attached hydrogens (tertiary/aromatic N) is 3. The Morgan fingerprint density at radius 3 is 2.86 bits per heavy atom. The number of benzene rings is 1. The van der Waals surface area contributed by atoms with Crippen molar-refractivity contribution in [2.45, 2.75) is 17.9 Å². The summed E-state index contributed by atoms with van der Waals surface area (Å²) in [6.07, 6.45) is 0.0599. The fourth-order valence-electron chi connectivity index (χ4n) is 2.12. The minimum absolute atomic E-state index is 0.207. The highest BCUT2D eigenvalue weighted by molar-refractivity contribution is 7.99. The zero-order valence-corrected chi connectivity index (χ0v) is 16.9. The van der Waals surface area contributed by atoms with E-state index in [2.05, 4.69) is 20.8 Å². The van der Waals surface area contributed by atoms with Crippen molar-refractivity contribution in [1.29, 1.82) is 0 Å². The Hall–Kier alpha value is -2.15. The molecule has 0 aliphatic heterocycles. The van der Waals surface area contributed by atoms with Crippen LogP contribution in [0.2, 0.25) is 5.02 Å². The van der Waals surface area contributed by atoms with E-state index in [-0.39, 0.29) is 30.8 Å². The molecule has 10 nitrogen and oxygen atoms in total. The largest absolute Gasteiger partial charge is 0.411 e. The zero-order valence-electron chi connectivity index (χ0n) is 14.5. The first-order valence-corrected chi connectivity index (χ1v) is 11.0. The number of hydrogen-bond acceptors (Lipinski definition) is 9. The first-order valence-electron chi connectivity index (χ1n) is 7.97. The quantitative estimate of drug-likeness (QED) is 0.160. The molecular weight excluding hydrogens is 430 g/mol. The Kier molecular flexibility index (Phi) is 8.23. The summed E-state index contributed by atoms with van der Waals surface area (Å²) in [5, 5.41) is 28.6. The van der Waals surface area contributed by atoms with Crippen molar-refractivity contribution in [1.82, 2.24) is 15.6 Å². The summed E-state index contributed by atoms with van der Waals surface area (Å²) in [4.78, 5) is 11.6. The van der Waals surface area contributed by atoms with Gasteiger partial charge in [-0.2, -0.15) is 0 Å². The van der Waals surface area contributed by atoms with E-state index < -0.39 is 21.7 Å². The number of primary sulfonamides is 1. The van der Waals surface area contributed by atoms with Crippen molar-refractivity contribution in [3.63, 3.8) is 0 Å². The number of sulfonamides is 1. The van der Waals surface area contributed by atoms with Crippen molar-refractivity contribution in [2.24, 2.45) is 10.3 Å². The van der Waals surface area contributed by atoms with E-state index in [1.165, 1.54) is 11.8 Å². The maximum absolute atomic E-state index is 11.6. The van der Waals surface area contributed by atoms with Crippen molar-refractivity contribution in [2.75, 3.05) is 18.1 Å². The molecule has 0 saturated heterocycles. The van der Waals surface area contributed by atoms with Crippen LogP contribution in [0, 0.1) is 0 Å². The van der Waals surface area contributed by atoms with Crippen LogP contribution in [0.4, 0.5) is 0 Å². The second-order valence-corrected chi connectivity index (χ2v) is 8.84. The van der Waals surface area contributed by atoms with Gasteiger partial charge in [0, 0.05) is 30.2 Å².